The zero-order valence-corrected chi connectivity index (χ0v) is 12.9. The quantitative estimate of drug-likeness (QED) is 0.940. The van der Waals surface area contributed by atoms with Gasteiger partial charge in [0.1, 0.15) is 11.4 Å². The molecule has 116 valence electrons. The van der Waals surface area contributed by atoms with E-state index in [1.165, 1.54) is 4.90 Å². The Balaban J connectivity index is 2.13. The second-order valence-corrected chi connectivity index (χ2v) is 5.61. The van der Waals surface area contributed by atoms with Crippen LogP contribution in [-0.4, -0.2) is 48.4 Å². The lowest BCUT2D eigenvalue weighted by molar-refractivity contribution is -0.118. The van der Waals surface area contributed by atoms with E-state index in [4.69, 9.17) is 26.2 Å². The lowest BCUT2D eigenvalue weighted by Crippen LogP contribution is -2.62. The number of rotatable bonds is 3. The molecule has 1 saturated heterocycles. The van der Waals surface area contributed by atoms with Crippen LogP contribution in [0.15, 0.2) is 24.4 Å². The summed E-state index contributed by atoms with van der Waals surface area (Å²) in [7, 11) is 3.12. The molecular formula is C15H15ClN2O4. The van der Waals surface area contributed by atoms with Crippen LogP contribution in [0.3, 0.4) is 0 Å². The maximum absolute atomic E-state index is 11.0. The summed E-state index contributed by atoms with van der Waals surface area (Å²) in [5, 5.41) is 10.4. The fourth-order valence-electron chi connectivity index (χ4n) is 2.78. The number of hydrogen-bond donors (Lipinski definition) is 1. The van der Waals surface area contributed by atoms with Gasteiger partial charge in [0, 0.05) is 30.3 Å². The molecule has 0 spiro atoms. The Bertz CT molecular complexity index is 744. The third-order valence-corrected chi connectivity index (χ3v) is 4.38. The number of hydrogen-bond acceptors (Lipinski definition) is 4. The zero-order chi connectivity index (χ0) is 15.9. The van der Waals surface area contributed by atoms with Crippen LogP contribution in [0.4, 0.5) is 4.79 Å². The first kappa shape index (κ1) is 14.9. The Hall–Kier alpha value is -2.05. The number of fused-ring (bicyclic) bond motifs is 1. The minimum Gasteiger partial charge on any atom is -0.496 e. The first-order chi connectivity index (χ1) is 10.5. The van der Waals surface area contributed by atoms with Crippen LogP contribution >= 0.6 is 11.6 Å². The molecule has 0 atom stereocenters. The second kappa shape index (κ2) is 5.30. The largest absolute Gasteiger partial charge is 0.496 e. The molecule has 1 N–H and O–H groups in total. The Kier molecular flexibility index (Phi) is 3.58. The van der Waals surface area contributed by atoms with Crippen LogP contribution in [0.25, 0.3) is 10.9 Å². The molecule has 1 fully saturated rings. The van der Waals surface area contributed by atoms with Crippen molar-refractivity contribution in [2.75, 3.05) is 27.3 Å². The number of carboxylic acid groups (broad SMARTS) is 1. The lowest BCUT2D eigenvalue weighted by Gasteiger charge is -2.48. The third-order valence-electron chi connectivity index (χ3n) is 4.05. The van der Waals surface area contributed by atoms with E-state index in [1.54, 1.807) is 32.5 Å². The number of carbonyl (C=O) groups is 1. The minimum atomic E-state index is -0.966. The van der Waals surface area contributed by atoms with Gasteiger partial charge in [0.25, 0.3) is 0 Å². The highest BCUT2D eigenvalue weighted by atomic mass is 35.5. The Morgan fingerprint density at radius 3 is 2.73 bits per heavy atom. The third kappa shape index (κ3) is 2.15. The summed E-state index contributed by atoms with van der Waals surface area (Å²) in [5.74, 6) is 0.606. The number of amides is 1. The molecule has 7 heteroatoms. The highest BCUT2D eigenvalue weighted by Crippen LogP contribution is 2.42. The maximum atomic E-state index is 11.0. The number of benzene rings is 1. The maximum Gasteiger partial charge on any atom is 0.407 e. The number of aromatic nitrogens is 1. The van der Waals surface area contributed by atoms with Crippen LogP contribution in [0.1, 0.15) is 5.56 Å². The van der Waals surface area contributed by atoms with Gasteiger partial charge in [-0.3, -0.25) is 4.98 Å². The summed E-state index contributed by atoms with van der Waals surface area (Å²) in [4.78, 5) is 16.6. The van der Waals surface area contributed by atoms with E-state index in [1.807, 2.05) is 6.07 Å². The normalized spacial score (nSPS) is 16.4. The first-order valence-electron chi connectivity index (χ1n) is 6.66. The monoisotopic (exact) mass is 322 g/mol. The second-order valence-electron chi connectivity index (χ2n) is 5.20. The highest BCUT2D eigenvalue weighted by molar-refractivity contribution is 6.35. The summed E-state index contributed by atoms with van der Waals surface area (Å²) in [6, 6.07) is 5.37. The molecule has 1 amide bonds. The van der Waals surface area contributed by atoms with Crippen molar-refractivity contribution in [2.45, 2.75) is 5.60 Å². The highest BCUT2D eigenvalue weighted by Gasteiger charge is 2.49. The number of pyridine rings is 1. The van der Waals surface area contributed by atoms with Gasteiger partial charge in [0.2, 0.25) is 0 Å². The van der Waals surface area contributed by atoms with E-state index in [0.29, 0.717) is 16.3 Å². The molecule has 2 heterocycles. The smallest absolute Gasteiger partial charge is 0.407 e. The van der Waals surface area contributed by atoms with Crippen molar-refractivity contribution < 1.29 is 19.4 Å². The van der Waals surface area contributed by atoms with Gasteiger partial charge in [-0.1, -0.05) is 11.6 Å². The van der Waals surface area contributed by atoms with Crippen molar-refractivity contribution in [3.63, 3.8) is 0 Å². The molecule has 1 aliphatic rings. The van der Waals surface area contributed by atoms with Gasteiger partial charge in [-0.25, -0.2) is 4.79 Å². The number of likely N-dealkylation sites (tertiary alicyclic amines) is 1. The van der Waals surface area contributed by atoms with E-state index in [0.717, 1.165) is 10.9 Å². The molecule has 3 rings (SSSR count). The average Bonchev–Trinajstić information content (AvgIpc) is 2.46. The Morgan fingerprint density at radius 1 is 1.41 bits per heavy atom. The van der Waals surface area contributed by atoms with Gasteiger partial charge < -0.3 is 19.5 Å². The topological polar surface area (TPSA) is 71.9 Å². The fraction of sp³-hybridized carbons (Fsp3) is 0.333. The lowest BCUT2D eigenvalue weighted by atomic mass is 9.84. The standard InChI is InChI=1S/C15H15ClN2O4/c1-21-13-6-12-9(11(16)3-4-17-12)5-10(13)15(22-2)7-18(8-15)14(19)20/h3-6H,7-8H2,1-2H3,(H,19,20). The zero-order valence-electron chi connectivity index (χ0n) is 12.2. The molecule has 0 radical (unpaired) electrons. The van der Waals surface area contributed by atoms with Crippen molar-refractivity contribution in [1.82, 2.24) is 9.88 Å². The fourth-order valence-corrected chi connectivity index (χ4v) is 2.99. The Morgan fingerprint density at radius 2 is 2.14 bits per heavy atom. The summed E-state index contributed by atoms with van der Waals surface area (Å²) in [6.45, 7) is 0.497. The van der Waals surface area contributed by atoms with E-state index in [-0.39, 0.29) is 13.1 Å². The van der Waals surface area contributed by atoms with Gasteiger partial charge in [-0.15, -0.1) is 0 Å². The van der Waals surface area contributed by atoms with Crippen LogP contribution < -0.4 is 4.74 Å². The van der Waals surface area contributed by atoms with Crippen molar-refractivity contribution >= 4 is 28.6 Å². The number of halogens is 1. The molecule has 2 aromatic rings. The van der Waals surface area contributed by atoms with Gasteiger partial charge in [0.05, 0.1) is 30.7 Å². The number of methoxy groups -OCH3 is 2. The van der Waals surface area contributed by atoms with Gasteiger partial charge in [0.15, 0.2) is 0 Å². The van der Waals surface area contributed by atoms with Gasteiger partial charge in [-0.05, 0) is 12.1 Å². The summed E-state index contributed by atoms with van der Waals surface area (Å²) >= 11 is 6.23. The summed E-state index contributed by atoms with van der Waals surface area (Å²) in [6.07, 6.45) is 0.665. The van der Waals surface area contributed by atoms with Crippen LogP contribution in [0, 0.1) is 0 Å². The van der Waals surface area contributed by atoms with Gasteiger partial charge in [-0.2, -0.15) is 0 Å². The predicted molar refractivity (Wildman–Crippen MR) is 81.6 cm³/mol. The van der Waals surface area contributed by atoms with Crippen molar-refractivity contribution in [2.24, 2.45) is 0 Å². The van der Waals surface area contributed by atoms with Crippen molar-refractivity contribution in [3.05, 3.63) is 35.0 Å². The van der Waals surface area contributed by atoms with Crippen LogP contribution in [0.2, 0.25) is 5.02 Å². The molecule has 6 nitrogen and oxygen atoms in total. The van der Waals surface area contributed by atoms with E-state index in [2.05, 4.69) is 4.98 Å². The molecule has 0 saturated carbocycles. The number of nitrogens with zero attached hydrogens (tertiary/aromatic N) is 2. The van der Waals surface area contributed by atoms with Crippen molar-refractivity contribution in [1.29, 1.82) is 0 Å². The molecule has 1 aromatic heterocycles. The molecular weight excluding hydrogens is 308 g/mol. The van der Waals surface area contributed by atoms with Crippen LogP contribution in [-0.2, 0) is 10.3 Å². The van der Waals surface area contributed by atoms with E-state index < -0.39 is 11.7 Å². The predicted octanol–water partition coefficient (Wildman–Crippen LogP) is 2.73. The van der Waals surface area contributed by atoms with E-state index in [9.17, 15) is 4.79 Å². The molecule has 0 unspecified atom stereocenters. The summed E-state index contributed by atoms with van der Waals surface area (Å²) in [5.41, 5.74) is 0.767. The molecule has 0 aliphatic carbocycles. The SMILES string of the molecule is COc1cc2nccc(Cl)c2cc1C1(OC)CN(C(=O)O)C1. The van der Waals surface area contributed by atoms with Crippen molar-refractivity contribution in [3.8, 4) is 5.75 Å². The molecule has 0 bridgehead atoms. The minimum absolute atomic E-state index is 0.249. The molecule has 1 aromatic carbocycles. The number of ether oxygens (including phenoxy) is 2. The Labute approximate surface area is 132 Å². The van der Waals surface area contributed by atoms with Crippen LogP contribution in [0.5, 0.6) is 5.75 Å². The molecule has 22 heavy (non-hydrogen) atoms. The summed E-state index contributed by atoms with van der Waals surface area (Å²) < 4.78 is 11.1. The first-order valence-corrected chi connectivity index (χ1v) is 7.04. The van der Waals surface area contributed by atoms with Gasteiger partial charge >= 0.3 is 6.09 Å². The van der Waals surface area contributed by atoms with E-state index >= 15 is 0 Å². The molecule has 1 aliphatic heterocycles. The average molecular weight is 323 g/mol.